The van der Waals surface area contributed by atoms with E-state index in [0.29, 0.717) is 55.6 Å². The number of carbonyl (C=O) groups excluding carboxylic acids is 8. The number of carbonyl (C=O) groups is 8. The zero-order valence-corrected chi connectivity index (χ0v) is 43.0. The number of rotatable bonds is 19. The van der Waals surface area contributed by atoms with Gasteiger partial charge in [-0.3, -0.25) is 34.1 Å². The van der Waals surface area contributed by atoms with Gasteiger partial charge in [0, 0.05) is 76.2 Å². The second-order valence-electron chi connectivity index (χ2n) is 18.4. The summed E-state index contributed by atoms with van der Waals surface area (Å²) in [5.74, 6) is -1.73. The van der Waals surface area contributed by atoms with E-state index in [1.54, 1.807) is 63.4 Å². The van der Waals surface area contributed by atoms with Crippen LogP contribution in [0.5, 0.6) is 5.75 Å². The molecule has 3 aliphatic rings. The van der Waals surface area contributed by atoms with Gasteiger partial charge in [0.15, 0.2) is 18.3 Å². The number of Topliss-reactive ketones (excluding diaryl/α,β-unsaturated/α-hetero) is 1. The molecular weight excluding hydrogens is 960 g/mol. The Morgan fingerprint density at radius 2 is 1.83 bits per heavy atom. The Morgan fingerprint density at radius 1 is 1.10 bits per heavy atom. The molecule has 0 saturated carbocycles. The zero-order valence-electron chi connectivity index (χ0n) is 41.5. The normalized spacial score (nSPS) is 26.0. The summed E-state index contributed by atoms with van der Waals surface area (Å²) >= 11 is 8.07. The van der Waals surface area contributed by atoms with Crippen molar-refractivity contribution in [1.29, 1.82) is 0 Å². The summed E-state index contributed by atoms with van der Waals surface area (Å²) < 4.78 is 29.3. The number of hydrogen-bond donors (Lipinski definition) is 3. The van der Waals surface area contributed by atoms with Crippen LogP contribution in [0.2, 0.25) is 5.02 Å². The predicted octanol–water partition coefficient (Wildman–Crippen LogP) is 5.36. The number of fused-ring (bicyclic) bond motifs is 5. The molecule has 0 aliphatic carbocycles. The number of benzene rings is 2. The molecule has 0 radical (unpaired) electrons. The van der Waals surface area contributed by atoms with E-state index in [2.05, 4.69) is 10.6 Å². The van der Waals surface area contributed by atoms with Crippen LogP contribution in [-0.4, -0.2) is 146 Å². The SMILES string of the molecule is COc1cc2cc(c1Cl)N(C)C(=O)C[C@@H](OC(=O)[C@H](C)N(C)C(=O)CCSCC(=O)CCCNC(=O)CCc1ccc(C=O)c(C=O)c1)[C@]1(C)OC1[C@H](C)[C@@H]1CC(O)(NC(=O)O1)C(OC)/C=C\C=C(/C)C2. The first-order valence-electron chi connectivity index (χ1n) is 23.4. The number of aldehydes is 2. The Hall–Kier alpha value is -5.60. The maximum Gasteiger partial charge on any atom is 0.409 e. The number of esters is 1. The number of ketones is 1. The van der Waals surface area contributed by atoms with Crippen molar-refractivity contribution in [2.75, 3.05) is 51.3 Å². The lowest BCUT2D eigenvalue weighted by Gasteiger charge is -2.42. The summed E-state index contributed by atoms with van der Waals surface area (Å²) in [7, 11) is 5.89. The number of aryl methyl sites for hydroxylation is 1. The molecule has 2 aromatic carbocycles. The first-order valence-corrected chi connectivity index (χ1v) is 25.0. The minimum absolute atomic E-state index is 0.0150. The van der Waals surface area contributed by atoms with Crippen molar-refractivity contribution in [3.05, 3.63) is 81.4 Å². The third-order valence-corrected chi connectivity index (χ3v) is 14.6. The number of anilines is 1. The number of methoxy groups -OCH3 is 2. The highest BCUT2D eigenvalue weighted by Crippen LogP contribution is 2.49. The van der Waals surface area contributed by atoms with Crippen LogP contribution in [-0.2, 0) is 55.8 Å². The van der Waals surface area contributed by atoms with E-state index in [0.717, 1.165) is 16.7 Å². The van der Waals surface area contributed by atoms with Crippen molar-refractivity contribution in [3.63, 3.8) is 0 Å². The van der Waals surface area contributed by atoms with E-state index >= 15 is 0 Å². The molecule has 0 spiro atoms. The van der Waals surface area contributed by atoms with Crippen LogP contribution in [0, 0.1) is 5.92 Å². The number of amides is 4. The Labute approximate surface area is 423 Å². The second-order valence-corrected chi connectivity index (χ2v) is 19.9. The van der Waals surface area contributed by atoms with Gasteiger partial charge in [0.25, 0.3) is 0 Å². The van der Waals surface area contributed by atoms with Gasteiger partial charge in [0.05, 0.1) is 31.1 Å². The van der Waals surface area contributed by atoms with Gasteiger partial charge in [0.1, 0.15) is 46.5 Å². The summed E-state index contributed by atoms with van der Waals surface area (Å²) in [6.07, 6.45) is 2.88. The molecule has 0 aromatic heterocycles. The molecule has 2 aromatic rings. The Kier molecular flexibility index (Phi) is 20.0. The molecule has 3 aliphatic heterocycles. The summed E-state index contributed by atoms with van der Waals surface area (Å²) in [6.45, 7) is 7.16. The molecule has 386 valence electrons. The highest BCUT2D eigenvalue weighted by atomic mass is 35.5. The summed E-state index contributed by atoms with van der Waals surface area (Å²) in [5.41, 5.74) is 0.156. The van der Waals surface area contributed by atoms with E-state index in [-0.39, 0.29) is 71.6 Å². The molecule has 18 nitrogen and oxygen atoms in total. The summed E-state index contributed by atoms with van der Waals surface area (Å²) in [4.78, 5) is 104. The number of thioether (sulfide) groups is 1. The minimum Gasteiger partial charge on any atom is -0.495 e. The lowest BCUT2D eigenvalue weighted by molar-refractivity contribution is -0.162. The monoisotopic (exact) mass is 1020 g/mol. The first kappa shape index (κ1) is 56.3. The van der Waals surface area contributed by atoms with E-state index in [1.165, 1.54) is 49.8 Å². The van der Waals surface area contributed by atoms with E-state index in [1.807, 2.05) is 13.0 Å². The predicted molar refractivity (Wildman–Crippen MR) is 266 cm³/mol. The van der Waals surface area contributed by atoms with Crippen molar-refractivity contribution in [1.82, 2.24) is 15.5 Å². The van der Waals surface area contributed by atoms with Crippen LogP contribution in [0.1, 0.15) is 98.1 Å². The van der Waals surface area contributed by atoms with Gasteiger partial charge in [-0.25, -0.2) is 9.59 Å². The number of alkyl carbamates (subject to hydrolysis) is 1. The third-order valence-electron chi connectivity index (χ3n) is 13.2. The zero-order chi connectivity index (χ0) is 52.2. The molecule has 4 amide bonds. The van der Waals surface area contributed by atoms with Gasteiger partial charge in [0.2, 0.25) is 17.7 Å². The number of hydrogen-bond acceptors (Lipinski definition) is 15. The maximum absolute atomic E-state index is 14.3. The van der Waals surface area contributed by atoms with Crippen molar-refractivity contribution in [3.8, 4) is 5.75 Å². The number of aliphatic hydroxyl groups is 1. The van der Waals surface area contributed by atoms with Crippen LogP contribution < -0.4 is 20.3 Å². The molecule has 71 heavy (non-hydrogen) atoms. The number of epoxide rings is 1. The molecular formula is C51H65ClN4O14S. The van der Waals surface area contributed by atoms with Crippen LogP contribution in [0.15, 0.2) is 54.1 Å². The molecule has 8 atom stereocenters. The van der Waals surface area contributed by atoms with Gasteiger partial charge in [-0.15, -0.1) is 0 Å². The lowest BCUT2D eigenvalue weighted by Crippen LogP contribution is -2.63. The van der Waals surface area contributed by atoms with Crippen molar-refractivity contribution >= 4 is 77.2 Å². The number of halogens is 1. The van der Waals surface area contributed by atoms with E-state index in [9.17, 15) is 43.5 Å². The van der Waals surface area contributed by atoms with Gasteiger partial charge in [-0.05, 0) is 69.4 Å². The van der Waals surface area contributed by atoms with Crippen LogP contribution in [0.25, 0.3) is 0 Å². The Morgan fingerprint density at radius 3 is 2.52 bits per heavy atom. The van der Waals surface area contributed by atoms with Crippen molar-refractivity contribution < 1.29 is 67.1 Å². The first-order chi connectivity index (χ1) is 33.7. The quantitative estimate of drug-likeness (QED) is 0.0695. The van der Waals surface area contributed by atoms with Crippen molar-refractivity contribution in [2.45, 2.75) is 121 Å². The van der Waals surface area contributed by atoms with Gasteiger partial charge in [-0.1, -0.05) is 54.5 Å². The smallest absolute Gasteiger partial charge is 0.409 e. The molecule has 2 saturated heterocycles. The maximum atomic E-state index is 14.3. The summed E-state index contributed by atoms with van der Waals surface area (Å²) in [6, 6.07) is 7.26. The highest BCUT2D eigenvalue weighted by Gasteiger charge is 2.64. The second kappa shape index (κ2) is 25.2. The number of likely N-dealkylation sites (N-methyl/N-ethyl adjacent to an activating group) is 1. The number of nitrogens with zero attached hydrogens (tertiary/aromatic N) is 2. The van der Waals surface area contributed by atoms with Crippen LogP contribution in [0.3, 0.4) is 0 Å². The standard InChI is InChI=1S/C51H65ClN4O14S/c1-30-11-9-13-41(67-8)51(65)26-40(68-49(64)54-51)31(2)47-50(4,70-47)42(25-45(62)56(6)38-23-34(21-30)24-39(66-7)46(38)52)69-48(63)32(3)55(5)44(61)18-20-71-29-37(59)12-10-19-53-43(60)17-15-33-14-16-35(27-57)36(22-33)28-58/h9,11,13-14,16,22-24,27-28,31-32,40-42,47,65H,10,12,15,17-21,25-26,29H2,1-8H3,(H,53,60)(H,54,64)/b13-9-,30-11+/t31-,32+,40+,41?,42-,47?,50+,51?/m1/s1. The fraction of sp³-hybridized carbons (Fsp3) is 0.529. The average Bonchev–Trinajstić information content (AvgIpc) is 4.04. The molecule has 2 fully saturated rings. The Bertz CT molecular complexity index is 2400. The fourth-order valence-electron chi connectivity index (χ4n) is 8.66. The third kappa shape index (κ3) is 14.5. The molecule has 20 heteroatoms. The van der Waals surface area contributed by atoms with Gasteiger partial charge < -0.3 is 43.9 Å². The topological polar surface area (TPSA) is 237 Å². The number of nitrogens with one attached hydrogen (secondary N) is 2. The van der Waals surface area contributed by atoms with Crippen LogP contribution >= 0.6 is 23.4 Å². The average molecular weight is 1030 g/mol. The highest BCUT2D eigenvalue weighted by molar-refractivity contribution is 7.99. The van der Waals surface area contributed by atoms with Gasteiger partial charge in [-0.2, -0.15) is 11.8 Å². The largest absolute Gasteiger partial charge is 0.495 e. The minimum atomic E-state index is -1.87. The number of ether oxygens (including phenoxy) is 5. The molecule has 3 N–H and O–H groups in total. The molecule has 3 heterocycles. The van der Waals surface area contributed by atoms with Gasteiger partial charge >= 0.3 is 12.1 Å². The van der Waals surface area contributed by atoms with E-state index in [4.69, 9.17) is 35.3 Å². The molecule has 4 bridgehead atoms. The lowest BCUT2D eigenvalue weighted by atomic mass is 9.83. The molecule has 3 unspecified atom stereocenters. The molecule has 5 rings (SSSR count). The fourth-order valence-corrected chi connectivity index (χ4v) is 9.81. The number of allylic oxidation sites excluding steroid dienone is 3. The van der Waals surface area contributed by atoms with Crippen LogP contribution in [0.4, 0.5) is 10.5 Å². The Balaban J connectivity index is 1.20. The summed E-state index contributed by atoms with van der Waals surface area (Å²) in [5, 5.41) is 17.3. The van der Waals surface area contributed by atoms with Crippen molar-refractivity contribution in [2.24, 2.45) is 5.92 Å². The van der Waals surface area contributed by atoms with E-state index < -0.39 is 65.7 Å².